The second-order valence-corrected chi connectivity index (χ2v) is 11.9. The second-order valence-electron chi connectivity index (χ2n) is 9.47. The molecular weight excluding hydrogens is 442 g/mol. The van der Waals surface area contributed by atoms with Crippen molar-refractivity contribution in [3.05, 3.63) is 45.8 Å². The number of nitrogens with one attached hydrogen (secondary N) is 1. The first-order valence-corrected chi connectivity index (χ1v) is 13.0. The summed E-state index contributed by atoms with van der Waals surface area (Å²) in [5, 5.41) is 10.3. The van der Waals surface area contributed by atoms with Gasteiger partial charge in [0.2, 0.25) is 5.91 Å². The molecule has 5 nitrogen and oxygen atoms in total. The van der Waals surface area contributed by atoms with Crippen LogP contribution in [0, 0.1) is 19.3 Å². The van der Waals surface area contributed by atoms with Crippen molar-refractivity contribution >= 4 is 28.2 Å². The maximum absolute atomic E-state index is 12.6. The van der Waals surface area contributed by atoms with E-state index in [0.29, 0.717) is 4.21 Å². The Kier molecular flexibility index (Phi) is 8.70. The fourth-order valence-corrected chi connectivity index (χ4v) is 6.40. The van der Waals surface area contributed by atoms with Gasteiger partial charge in [-0.2, -0.15) is 0 Å². The normalized spacial score (nSPS) is 14.2. The molecule has 0 saturated carbocycles. The van der Waals surface area contributed by atoms with Gasteiger partial charge in [0.1, 0.15) is 16.6 Å². The van der Waals surface area contributed by atoms with Crippen molar-refractivity contribution in [1.82, 2.24) is 4.72 Å². The number of aryl methyl sites for hydroxylation is 2. The van der Waals surface area contributed by atoms with Crippen molar-refractivity contribution in [2.45, 2.75) is 84.0 Å². The van der Waals surface area contributed by atoms with Crippen LogP contribution < -0.4 is 9.46 Å². The number of carbonyl (C=O) groups excluding carboxylic acids is 1. The molecule has 1 amide bonds. The second kappa shape index (κ2) is 10.5. The number of hydrogen-bond acceptors (Lipinski definition) is 5. The van der Waals surface area contributed by atoms with E-state index in [1.807, 2.05) is 40.7 Å². The molecule has 2 rings (SSSR count). The highest BCUT2D eigenvalue weighted by atomic mass is 32.2. The van der Waals surface area contributed by atoms with E-state index in [-0.39, 0.29) is 23.3 Å². The Morgan fingerprint density at radius 3 is 2.28 bits per heavy atom. The number of aliphatic hydroxyl groups excluding tert-OH is 1. The largest absolute Gasteiger partial charge is 0.491 e. The van der Waals surface area contributed by atoms with Gasteiger partial charge < -0.3 is 9.84 Å². The van der Waals surface area contributed by atoms with Crippen molar-refractivity contribution in [3.63, 3.8) is 0 Å². The molecule has 0 fully saturated rings. The summed E-state index contributed by atoms with van der Waals surface area (Å²) in [6.07, 6.45) is 1.22. The van der Waals surface area contributed by atoms with Gasteiger partial charge in [-0.05, 0) is 60.9 Å². The Hall–Kier alpha value is -1.70. The molecular formula is C25H37NO4S2. The van der Waals surface area contributed by atoms with E-state index in [1.54, 1.807) is 0 Å². The monoisotopic (exact) mass is 479 g/mol. The van der Waals surface area contributed by atoms with E-state index >= 15 is 0 Å². The van der Waals surface area contributed by atoms with Gasteiger partial charge >= 0.3 is 0 Å². The maximum atomic E-state index is 12.6. The average Bonchev–Trinajstić information content (AvgIpc) is 3.09. The van der Waals surface area contributed by atoms with Crippen LogP contribution in [0.5, 0.6) is 5.75 Å². The molecule has 178 valence electrons. The van der Waals surface area contributed by atoms with Crippen LogP contribution in [0.1, 0.15) is 76.0 Å². The van der Waals surface area contributed by atoms with Crippen LogP contribution in [0.2, 0.25) is 0 Å². The number of rotatable bonds is 9. The minimum absolute atomic E-state index is 0.220. The summed E-state index contributed by atoms with van der Waals surface area (Å²) in [5.74, 6) is 0.464. The van der Waals surface area contributed by atoms with Crippen LogP contribution in [0.3, 0.4) is 0 Å². The van der Waals surface area contributed by atoms with Gasteiger partial charge in [-0.15, -0.1) is 11.3 Å². The number of ether oxygens (including phenoxy) is 1. The minimum atomic E-state index is -1.55. The first-order valence-electron chi connectivity index (χ1n) is 11.1. The molecule has 2 N–H and O–H groups in total. The topological polar surface area (TPSA) is 75.6 Å². The molecule has 0 radical (unpaired) electrons. The van der Waals surface area contributed by atoms with Gasteiger partial charge in [0.05, 0.1) is 6.10 Å². The lowest BCUT2D eigenvalue weighted by molar-refractivity contribution is -0.117. The average molecular weight is 480 g/mol. The van der Waals surface area contributed by atoms with E-state index in [4.69, 9.17) is 4.74 Å². The fourth-order valence-electron chi connectivity index (χ4n) is 3.74. The third-order valence-corrected chi connectivity index (χ3v) is 9.15. The number of carbonyl (C=O) groups is 1. The Labute approximate surface area is 199 Å². The number of thiophene rings is 1. The number of hydrogen-bond donors (Lipinski definition) is 2. The predicted molar refractivity (Wildman–Crippen MR) is 133 cm³/mol. The van der Waals surface area contributed by atoms with Crippen LogP contribution in [0.15, 0.2) is 28.5 Å². The summed E-state index contributed by atoms with van der Waals surface area (Å²) < 4.78 is 21.7. The summed E-state index contributed by atoms with van der Waals surface area (Å²) in [7, 11) is -1.55. The quantitative estimate of drug-likeness (QED) is 0.504. The minimum Gasteiger partial charge on any atom is -0.491 e. The summed E-state index contributed by atoms with van der Waals surface area (Å²) in [6, 6.07) is 8.34. The smallest absolute Gasteiger partial charge is 0.228 e. The van der Waals surface area contributed by atoms with E-state index in [2.05, 4.69) is 36.8 Å². The van der Waals surface area contributed by atoms with E-state index in [9.17, 15) is 14.1 Å². The number of benzene rings is 1. The third kappa shape index (κ3) is 5.80. The molecule has 7 heteroatoms. The highest BCUT2D eigenvalue weighted by Crippen LogP contribution is 2.44. The van der Waals surface area contributed by atoms with Gasteiger partial charge in [0.25, 0.3) is 0 Å². The molecule has 2 aromatic rings. The van der Waals surface area contributed by atoms with Crippen molar-refractivity contribution < 1.29 is 18.8 Å². The number of aliphatic hydroxyl groups is 1. The fraction of sp³-hybridized carbons (Fsp3) is 0.560. The molecule has 32 heavy (non-hydrogen) atoms. The predicted octanol–water partition coefficient (Wildman–Crippen LogP) is 5.42. The van der Waals surface area contributed by atoms with Gasteiger partial charge in [-0.1, -0.05) is 46.8 Å². The lowest BCUT2D eigenvalue weighted by atomic mass is 9.74. The van der Waals surface area contributed by atoms with Gasteiger partial charge in [-0.25, -0.2) is 4.21 Å². The SMILES string of the molecule is CCC(CC)(c1ccc(OCC(O)C(C)(C)C)c(C)c1)c1cc(C)c(S(=O)NC(C)=O)s1. The Morgan fingerprint density at radius 2 is 1.78 bits per heavy atom. The zero-order valence-electron chi connectivity index (χ0n) is 20.5. The van der Waals surface area contributed by atoms with E-state index < -0.39 is 17.1 Å². The standard InChI is InChI=1S/C25H37NO4S2/c1-9-25(10-2,22-14-17(4)23(31-22)32(29)26-18(5)27)19-11-12-20(16(3)13-19)30-15-21(28)24(6,7)8/h11-14,21,28H,9-10,15H2,1-8H3,(H,26,27). The zero-order chi connectivity index (χ0) is 24.3. The molecule has 1 heterocycles. The highest BCUT2D eigenvalue weighted by molar-refractivity contribution is 7.86. The number of amides is 1. The summed E-state index contributed by atoms with van der Waals surface area (Å²) in [6.45, 7) is 15.9. The molecule has 1 aromatic carbocycles. The van der Waals surface area contributed by atoms with Gasteiger partial charge in [0, 0.05) is 17.2 Å². The van der Waals surface area contributed by atoms with Gasteiger partial charge in [0.15, 0.2) is 11.0 Å². The molecule has 0 aliphatic rings. The molecule has 2 atom stereocenters. The van der Waals surface area contributed by atoms with Crippen LogP contribution in [0.25, 0.3) is 0 Å². The first kappa shape index (κ1) is 26.6. The lowest BCUT2D eigenvalue weighted by Crippen LogP contribution is -2.32. The lowest BCUT2D eigenvalue weighted by Gasteiger charge is -2.32. The molecule has 0 saturated heterocycles. The maximum Gasteiger partial charge on any atom is 0.228 e. The van der Waals surface area contributed by atoms with E-state index in [1.165, 1.54) is 23.8 Å². The summed E-state index contributed by atoms with van der Waals surface area (Å²) >= 11 is 1.51. The van der Waals surface area contributed by atoms with Gasteiger partial charge in [-0.3, -0.25) is 9.52 Å². The molecule has 0 bridgehead atoms. The molecule has 2 unspecified atom stereocenters. The molecule has 0 spiro atoms. The van der Waals surface area contributed by atoms with Crippen LogP contribution in [-0.4, -0.2) is 27.9 Å². The van der Waals surface area contributed by atoms with Crippen molar-refractivity contribution in [2.75, 3.05) is 6.61 Å². The third-order valence-electron chi connectivity index (χ3n) is 6.08. The van der Waals surface area contributed by atoms with Crippen LogP contribution in [-0.2, 0) is 21.2 Å². The first-order chi connectivity index (χ1) is 14.9. The van der Waals surface area contributed by atoms with Crippen molar-refractivity contribution in [2.24, 2.45) is 5.41 Å². The Bertz CT molecular complexity index is 971. The zero-order valence-corrected chi connectivity index (χ0v) is 22.1. The van der Waals surface area contributed by atoms with Crippen LogP contribution in [0.4, 0.5) is 0 Å². The highest BCUT2D eigenvalue weighted by Gasteiger charge is 2.34. The van der Waals surface area contributed by atoms with E-state index in [0.717, 1.165) is 34.6 Å². The molecule has 1 aromatic heterocycles. The molecule has 0 aliphatic carbocycles. The Balaban J connectivity index is 2.39. The Morgan fingerprint density at radius 1 is 1.16 bits per heavy atom. The van der Waals surface area contributed by atoms with Crippen molar-refractivity contribution in [1.29, 1.82) is 0 Å². The van der Waals surface area contributed by atoms with Crippen molar-refractivity contribution in [3.8, 4) is 5.75 Å². The summed E-state index contributed by atoms with van der Waals surface area (Å²) in [5.41, 5.74) is 2.67. The summed E-state index contributed by atoms with van der Waals surface area (Å²) in [4.78, 5) is 12.5. The van der Waals surface area contributed by atoms with Crippen LogP contribution >= 0.6 is 11.3 Å². The molecule has 0 aliphatic heterocycles.